The fourth-order valence-corrected chi connectivity index (χ4v) is 2.94. The van der Waals surface area contributed by atoms with Crippen molar-refractivity contribution in [2.45, 2.75) is 51.3 Å². The van der Waals surface area contributed by atoms with Gasteiger partial charge in [0, 0.05) is 17.9 Å². The highest BCUT2D eigenvalue weighted by atomic mass is 32.2. The van der Waals surface area contributed by atoms with Crippen molar-refractivity contribution in [2.75, 3.05) is 6.54 Å². The van der Waals surface area contributed by atoms with Crippen molar-refractivity contribution in [3.05, 3.63) is 0 Å². The van der Waals surface area contributed by atoms with Crippen LogP contribution < -0.4 is 0 Å². The van der Waals surface area contributed by atoms with Crippen molar-refractivity contribution >= 4 is 11.4 Å². The van der Waals surface area contributed by atoms with Gasteiger partial charge in [-0.25, -0.2) is 0 Å². The smallest absolute Gasteiger partial charge is 0.137 e. The molecule has 0 aromatic carbocycles. The maximum atomic E-state index is 11.9. The standard InChI is InChI=1S/C9H19NOS/c1-8-6-5-7-10(8)12(11)9(2,3)4/h8H,5-7H2,1-4H3/t8-,12-/m0/s1. The molecule has 0 N–H and O–H groups in total. The Morgan fingerprint density at radius 1 is 1.42 bits per heavy atom. The number of hydrogen-bond acceptors (Lipinski definition) is 2. The first-order valence-electron chi connectivity index (χ1n) is 4.61. The van der Waals surface area contributed by atoms with Crippen LogP contribution >= 0.6 is 0 Å². The highest BCUT2D eigenvalue weighted by Gasteiger charge is 2.38. The summed E-state index contributed by atoms with van der Waals surface area (Å²) in [5.74, 6) is 0. The number of nitrogens with zero attached hydrogens (tertiary/aromatic N) is 1. The number of hydrogen-bond donors (Lipinski definition) is 0. The molecule has 1 heterocycles. The summed E-state index contributed by atoms with van der Waals surface area (Å²) in [7, 11) is 0. The minimum absolute atomic E-state index is 0.0986. The molecule has 0 aromatic rings. The molecule has 12 heavy (non-hydrogen) atoms. The van der Waals surface area contributed by atoms with Gasteiger partial charge in [0.15, 0.2) is 0 Å². The molecule has 0 bridgehead atoms. The number of rotatable bonds is 1. The van der Waals surface area contributed by atoms with E-state index in [-0.39, 0.29) is 4.75 Å². The van der Waals surface area contributed by atoms with Crippen molar-refractivity contribution in [1.29, 1.82) is 0 Å². The predicted octanol–water partition coefficient (Wildman–Crippen LogP) is 1.93. The van der Waals surface area contributed by atoms with Gasteiger partial charge in [0.25, 0.3) is 0 Å². The normalized spacial score (nSPS) is 29.2. The molecule has 2 nitrogen and oxygen atoms in total. The van der Waals surface area contributed by atoms with E-state index in [9.17, 15) is 4.55 Å². The second-order valence-electron chi connectivity index (χ2n) is 4.49. The van der Waals surface area contributed by atoms with Crippen LogP contribution in [0.1, 0.15) is 40.5 Å². The molecule has 0 aliphatic carbocycles. The topological polar surface area (TPSA) is 26.3 Å². The first-order chi connectivity index (χ1) is 5.43. The molecule has 1 saturated heterocycles. The van der Waals surface area contributed by atoms with Gasteiger partial charge in [-0.3, -0.25) is 0 Å². The summed E-state index contributed by atoms with van der Waals surface area (Å²) in [5.41, 5.74) is 0. The van der Waals surface area contributed by atoms with Crippen LogP contribution in [-0.2, 0) is 11.4 Å². The van der Waals surface area contributed by atoms with Gasteiger partial charge in [0.2, 0.25) is 0 Å². The predicted molar refractivity (Wildman–Crippen MR) is 53.3 cm³/mol. The Kier molecular flexibility index (Phi) is 3.07. The van der Waals surface area contributed by atoms with Crippen LogP contribution in [0.25, 0.3) is 0 Å². The Bertz CT molecular complexity index is 155. The first kappa shape index (κ1) is 10.4. The SMILES string of the molecule is C[C@H]1CCCN1[S@@+]([O-])C(C)(C)C. The summed E-state index contributed by atoms with van der Waals surface area (Å²) in [6.45, 7) is 9.28. The Morgan fingerprint density at radius 2 is 2.00 bits per heavy atom. The average Bonchev–Trinajstić information content (AvgIpc) is 2.31. The van der Waals surface area contributed by atoms with Crippen LogP contribution in [0.5, 0.6) is 0 Å². The fraction of sp³-hybridized carbons (Fsp3) is 1.00. The first-order valence-corrected chi connectivity index (χ1v) is 5.72. The van der Waals surface area contributed by atoms with Gasteiger partial charge in [0.1, 0.15) is 4.75 Å². The Labute approximate surface area is 78.6 Å². The zero-order chi connectivity index (χ0) is 9.35. The lowest BCUT2D eigenvalue weighted by Gasteiger charge is -2.32. The molecule has 1 aliphatic heterocycles. The van der Waals surface area contributed by atoms with Gasteiger partial charge >= 0.3 is 0 Å². The van der Waals surface area contributed by atoms with Crippen LogP contribution in [0.3, 0.4) is 0 Å². The third kappa shape index (κ3) is 2.15. The molecule has 0 saturated carbocycles. The lowest BCUT2D eigenvalue weighted by atomic mass is 10.3. The van der Waals surface area contributed by atoms with Crippen molar-refractivity contribution in [1.82, 2.24) is 4.31 Å². The van der Waals surface area contributed by atoms with E-state index >= 15 is 0 Å². The molecule has 0 amide bonds. The third-order valence-corrected chi connectivity index (χ3v) is 4.25. The minimum atomic E-state index is -0.809. The van der Waals surface area contributed by atoms with Crippen molar-refractivity contribution in [2.24, 2.45) is 0 Å². The van der Waals surface area contributed by atoms with Crippen molar-refractivity contribution < 1.29 is 4.55 Å². The molecule has 0 radical (unpaired) electrons. The summed E-state index contributed by atoms with van der Waals surface area (Å²) in [5, 5.41) is 0. The average molecular weight is 189 g/mol. The van der Waals surface area contributed by atoms with Gasteiger partial charge in [-0.1, -0.05) is 0 Å². The summed E-state index contributed by atoms with van der Waals surface area (Å²) >= 11 is -0.809. The minimum Gasteiger partial charge on any atom is -0.597 e. The van der Waals surface area contributed by atoms with E-state index < -0.39 is 11.4 Å². The van der Waals surface area contributed by atoms with E-state index in [1.54, 1.807) is 0 Å². The maximum Gasteiger partial charge on any atom is 0.137 e. The molecule has 0 spiro atoms. The second kappa shape index (κ2) is 3.56. The second-order valence-corrected chi connectivity index (χ2v) is 6.69. The fourth-order valence-electron chi connectivity index (χ4n) is 1.51. The molecule has 0 unspecified atom stereocenters. The van der Waals surface area contributed by atoms with E-state index in [4.69, 9.17) is 0 Å². The maximum absolute atomic E-state index is 11.9. The summed E-state index contributed by atoms with van der Waals surface area (Å²) < 4.78 is 13.9. The van der Waals surface area contributed by atoms with Crippen LogP contribution in [-0.4, -0.2) is 26.2 Å². The van der Waals surface area contributed by atoms with Gasteiger partial charge < -0.3 is 4.55 Å². The highest BCUT2D eigenvalue weighted by molar-refractivity contribution is 7.90. The van der Waals surface area contributed by atoms with Crippen LogP contribution in [0.15, 0.2) is 0 Å². The summed E-state index contributed by atoms with van der Waals surface area (Å²) in [6, 6.07) is 0.505. The molecular formula is C9H19NOS. The highest BCUT2D eigenvalue weighted by Crippen LogP contribution is 2.27. The van der Waals surface area contributed by atoms with E-state index in [0.717, 1.165) is 6.54 Å². The molecule has 0 aromatic heterocycles. The summed E-state index contributed by atoms with van der Waals surface area (Å²) in [6.07, 6.45) is 2.39. The Morgan fingerprint density at radius 3 is 2.33 bits per heavy atom. The monoisotopic (exact) mass is 189 g/mol. The van der Waals surface area contributed by atoms with Crippen molar-refractivity contribution in [3.63, 3.8) is 0 Å². The molecule has 72 valence electrons. The zero-order valence-electron chi connectivity index (χ0n) is 8.46. The third-order valence-electron chi connectivity index (χ3n) is 2.23. The van der Waals surface area contributed by atoms with Gasteiger partial charge in [-0.15, -0.1) is 4.31 Å². The Balaban J connectivity index is 2.57. The quantitative estimate of drug-likeness (QED) is 0.589. The lowest BCUT2D eigenvalue weighted by molar-refractivity contribution is 0.391. The van der Waals surface area contributed by atoms with Crippen LogP contribution in [0.4, 0.5) is 0 Å². The lowest BCUT2D eigenvalue weighted by Crippen LogP contribution is -2.44. The van der Waals surface area contributed by atoms with E-state index in [1.807, 2.05) is 20.8 Å². The van der Waals surface area contributed by atoms with E-state index in [1.165, 1.54) is 12.8 Å². The molecule has 1 aliphatic rings. The van der Waals surface area contributed by atoms with E-state index in [0.29, 0.717) is 6.04 Å². The van der Waals surface area contributed by atoms with Crippen molar-refractivity contribution in [3.8, 4) is 0 Å². The van der Waals surface area contributed by atoms with Gasteiger partial charge in [-0.2, -0.15) is 0 Å². The zero-order valence-corrected chi connectivity index (χ0v) is 9.28. The van der Waals surface area contributed by atoms with E-state index in [2.05, 4.69) is 11.2 Å². The molecular weight excluding hydrogens is 170 g/mol. The molecule has 3 heteroatoms. The van der Waals surface area contributed by atoms with Gasteiger partial charge in [0.05, 0.1) is 6.04 Å². The van der Waals surface area contributed by atoms with Gasteiger partial charge in [-0.05, 0) is 40.5 Å². The van der Waals surface area contributed by atoms with Crippen LogP contribution in [0.2, 0.25) is 0 Å². The molecule has 2 atom stereocenters. The largest absolute Gasteiger partial charge is 0.597 e. The molecule has 1 rings (SSSR count). The Hall–Kier alpha value is 0.270. The van der Waals surface area contributed by atoms with Crippen LogP contribution in [0, 0.1) is 0 Å². The summed E-state index contributed by atoms with van der Waals surface area (Å²) in [4.78, 5) is 0. The molecule has 1 fully saturated rings.